The Kier molecular flexibility index (Phi) is 5.92. The van der Waals surface area contributed by atoms with Crippen molar-refractivity contribution in [3.63, 3.8) is 0 Å². The molecule has 0 aliphatic heterocycles. The topological polar surface area (TPSA) is 50.7 Å². The van der Waals surface area contributed by atoms with E-state index < -0.39 is 23.5 Å². The molecule has 0 radical (unpaired) electrons. The number of nitrogens with one attached hydrogen (secondary N) is 1. The highest BCUT2D eigenvalue weighted by Crippen LogP contribution is 2.29. The molecule has 29 heavy (non-hydrogen) atoms. The van der Waals surface area contributed by atoms with Gasteiger partial charge in [0.15, 0.2) is 0 Å². The molecule has 0 spiro atoms. The van der Waals surface area contributed by atoms with Crippen LogP contribution in [-0.2, 0) is 6.18 Å². The van der Waals surface area contributed by atoms with Crippen molar-refractivity contribution in [1.29, 1.82) is 0 Å². The second kappa shape index (κ2) is 8.55. The summed E-state index contributed by atoms with van der Waals surface area (Å²) in [6.45, 7) is 0. The van der Waals surface area contributed by atoms with Gasteiger partial charge in [0.1, 0.15) is 17.3 Å². The molecule has 1 N–H and O–H groups in total. The summed E-state index contributed by atoms with van der Waals surface area (Å²) >= 11 is 0. The zero-order valence-electron chi connectivity index (χ0n) is 14.8. The van der Waals surface area contributed by atoms with E-state index in [1.54, 1.807) is 24.3 Å². The number of para-hydroxylation sites is 1. The van der Waals surface area contributed by atoms with Crippen LogP contribution in [0.4, 0.5) is 17.6 Å². The number of carbonyl (C=O) groups is 1. The smallest absolute Gasteiger partial charge is 0.416 e. The Hall–Kier alpha value is -3.68. The van der Waals surface area contributed by atoms with Crippen LogP contribution < -0.4 is 10.2 Å². The Bertz CT molecular complexity index is 1010. The van der Waals surface area contributed by atoms with E-state index in [4.69, 9.17) is 4.74 Å². The number of alkyl halides is 3. The number of carbonyl (C=O) groups excluding carboxylic acids is 1. The number of hydrogen-bond donors (Lipinski definition) is 1. The second-order valence-corrected chi connectivity index (χ2v) is 5.87. The molecule has 148 valence electrons. The first-order chi connectivity index (χ1) is 13.8. The number of hydrogen-bond acceptors (Lipinski definition) is 3. The van der Waals surface area contributed by atoms with E-state index >= 15 is 0 Å². The molecule has 0 saturated heterocycles. The molecule has 8 heteroatoms. The van der Waals surface area contributed by atoms with Crippen LogP contribution in [0.3, 0.4) is 0 Å². The predicted molar refractivity (Wildman–Crippen MR) is 99.4 cm³/mol. The van der Waals surface area contributed by atoms with Gasteiger partial charge in [0.25, 0.3) is 5.91 Å². The van der Waals surface area contributed by atoms with Crippen LogP contribution in [0.25, 0.3) is 0 Å². The first-order valence-corrected chi connectivity index (χ1v) is 8.36. The van der Waals surface area contributed by atoms with Gasteiger partial charge in [0.2, 0.25) is 0 Å². The molecule has 0 heterocycles. The van der Waals surface area contributed by atoms with Gasteiger partial charge in [-0.15, -0.1) is 0 Å². The van der Waals surface area contributed by atoms with Crippen LogP contribution in [0.1, 0.15) is 21.5 Å². The number of halogens is 4. The predicted octanol–water partition coefficient (Wildman–Crippen LogP) is 5.40. The molecule has 4 nitrogen and oxygen atoms in total. The summed E-state index contributed by atoms with van der Waals surface area (Å²) in [7, 11) is 0. The van der Waals surface area contributed by atoms with Crippen LogP contribution in [0.2, 0.25) is 0 Å². The van der Waals surface area contributed by atoms with E-state index in [2.05, 4.69) is 10.5 Å². The maximum Gasteiger partial charge on any atom is 0.416 e. The minimum Gasteiger partial charge on any atom is -0.457 e. The van der Waals surface area contributed by atoms with E-state index in [1.165, 1.54) is 30.5 Å². The molecule has 0 saturated carbocycles. The maximum atomic E-state index is 13.0. The zero-order chi connectivity index (χ0) is 20.9. The van der Waals surface area contributed by atoms with Crippen molar-refractivity contribution >= 4 is 12.1 Å². The van der Waals surface area contributed by atoms with Gasteiger partial charge in [-0.25, -0.2) is 9.82 Å². The van der Waals surface area contributed by atoms with Crippen molar-refractivity contribution in [3.8, 4) is 11.5 Å². The third-order valence-electron chi connectivity index (χ3n) is 3.80. The Morgan fingerprint density at radius 3 is 2.24 bits per heavy atom. The molecule has 3 aromatic rings. The summed E-state index contributed by atoms with van der Waals surface area (Å²) in [6, 6.07) is 16.1. The van der Waals surface area contributed by atoms with Gasteiger partial charge in [-0.05, 0) is 60.7 Å². The summed E-state index contributed by atoms with van der Waals surface area (Å²) in [4.78, 5) is 12.0. The minimum atomic E-state index is -4.47. The molecular weight excluding hydrogens is 388 g/mol. The Morgan fingerprint density at radius 2 is 1.59 bits per heavy atom. The van der Waals surface area contributed by atoms with E-state index in [9.17, 15) is 22.4 Å². The fourth-order valence-electron chi connectivity index (χ4n) is 2.35. The molecule has 3 rings (SSSR count). The van der Waals surface area contributed by atoms with Gasteiger partial charge in [-0.2, -0.15) is 18.3 Å². The summed E-state index contributed by atoms with van der Waals surface area (Å²) < 4.78 is 56.4. The Labute approximate surface area is 163 Å². The van der Waals surface area contributed by atoms with Crippen molar-refractivity contribution in [1.82, 2.24) is 5.43 Å². The number of hydrazone groups is 1. The molecular formula is C21H14F4N2O2. The van der Waals surface area contributed by atoms with E-state index in [0.717, 1.165) is 24.3 Å². The average molecular weight is 402 g/mol. The number of ether oxygens (including phenoxy) is 1. The molecule has 3 aromatic carbocycles. The van der Waals surface area contributed by atoms with Crippen LogP contribution in [0.15, 0.2) is 77.9 Å². The molecule has 0 fully saturated rings. The Morgan fingerprint density at radius 1 is 0.931 bits per heavy atom. The molecule has 0 unspecified atom stereocenters. The molecule has 0 atom stereocenters. The Balaban J connectivity index is 1.67. The first kappa shape index (κ1) is 20.1. The van der Waals surface area contributed by atoms with Gasteiger partial charge in [0, 0.05) is 11.1 Å². The number of rotatable bonds is 5. The van der Waals surface area contributed by atoms with Gasteiger partial charge in [0.05, 0.1) is 11.8 Å². The zero-order valence-corrected chi connectivity index (χ0v) is 14.8. The van der Waals surface area contributed by atoms with Crippen molar-refractivity contribution < 1.29 is 27.1 Å². The quantitative estimate of drug-likeness (QED) is 0.353. The normalized spacial score (nSPS) is 11.4. The highest BCUT2D eigenvalue weighted by atomic mass is 19.4. The lowest BCUT2D eigenvalue weighted by Crippen LogP contribution is -2.18. The van der Waals surface area contributed by atoms with Gasteiger partial charge in [-0.1, -0.05) is 12.1 Å². The molecule has 0 aliphatic rings. The van der Waals surface area contributed by atoms with Crippen LogP contribution in [0, 0.1) is 5.82 Å². The number of benzene rings is 3. The first-order valence-electron chi connectivity index (χ1n) is 8.36. The molecule has 1 amide bonds. The van der Waals surface area contributed by atoms with Crippen molar-refractivity contribution in [3.05, 3.63) is 95.3 Å². The highest BCUT2D eigenvalue weighted by molar-refractivity contribution is 5.95. The third-order valence-corrected chi connectivity index (χ3v) is 3.80. The van der Waals surface area contributed by atoms with Crippen molar-refractivity contribution in [2.45, 2.75) is 6.18 Å². The van der Waals surface area contributed by atoms with Gasteiger partial charge >= 0.3 is 6.18 Å². The fraction of sp³-hybridized carbons (Fsp3) is 0.0476. The van der Waals surface area contributed by atoms with Gasteiger partial charge < -0.3 is 4.74 Å². The number of amides is 1. The fourth-order valence-corrected chi connectivity index (χ4v) is 2.35. The summed E-state index contributed by atoms with van der Waals surface area (Å²) in [6.07, 6.45) is -3.14. The summed E-state index contributed by atoms with van der Waals surface area (Å²) in [5, 5.41) is 3.82. The lowest BCUT2D eigenvalue weighted by atomic mass is 10.1. The van der Waals surface area contributed by atoms with Crippen LogP contribution in [0.5, 0.6) is 11.5 Å². The van der Waals surface area contributed by atoms with Crippen molar-refractivity contribution in [2.75, 3.05) is 0 Å². The SMILES string of the molecule is O=C(NN=Cc1ccccc1Oc1ccc(F)cc1)c1ccc(C(F)(F)F)cc1. The average Bonchev–Trinajstić information content (AvgIpc) is 2.70. The van der Waals surface area contributed by atoms with Crippen LogP contribution in [-0.4, -0.2) is 12.1 Å². The molecule has 0 aromatic heterocycles. The van der Waals surface area contributed by atoms with E-state index in [-0.39, 0.29) is 5.56 Å². The summed E-state index contributed by atoms with van der Waals surface area (Å²) in [5.41, 5.74) is 1.97. The largest absolute Gasteiger partial charge is 0.457 e. The molecule has 0 aliphatic carbocycles. The second-order valence-electron chi connectivity index (χ2n) is 5.87. The minimum absolute atomic E-state index is 0.0333. The van der Waals surface area contributed by atoms with E-state index in [0.29, 0.717) is 17.1 Å². The van der Waals surface area contributed by atoms with Crippen molar-refractivity contribution in [2.24, 2.45) is 5.10 Å². The standard InChI is InChI=1S/C21H14F4N2O2/c22-17-9-11-18(12-10-17)29-19-4-2-1-3-15(19)13-26-27-20(28)14-5-7-16(8-6-14)21(23,24)25/h1-13H,(H,27,28). The summed E-state index contributed by atoms with van der Waals surface area (Å²) in [5.74, 6) is -0.210. The number of nitrogens with zero attached hydrogens (tertiary/aromatic N) is 1. The molecule has 0 bridgehead atoms. The monoisotopic (exact) mass is 402 g/mol. The van der Waals surface area contributed by atoms with E-state index in [1.807, 2.05) is 0 Å². The van der Waals surface area contributed by atoms with Gasteiger partial charge in [-0.3, -0.25) is 4.79 Å². The lowest BCUT2D eigenvalue weighted by Gasteiger charge is -2.08. The lowest BCUT2D eigenvalue weighted by molar-refractivity contribution is -0.137. The highest BCUT2D eigenvalue weighted by Gasteiger charge is 2.30. The van der Waals surface area contributed by atoms with Crippen LogP contribution >= 0.6 is 0 Å². The third kappa shape index (κ3) is 5.41. The maximum absolute atomic E-state index is 13.0.